The van der Waals surface area contributed by atoms with Crippen molar-refractivity contribution in [2.75, 3.05) is 13.1 Å². The Hall–Kier alpha value is -3.45. The van der Waals surface area contributed by atoms with Gasteiger partial charge in [-0.1, -0.05) is 30.3 Å². The van der Waals surface area contributed by atoms with Crippen molar-refractivity contribution in [1.82, 2.24) is 15.2 Å². The molecule has 0 saturated carbocycles. The van der Waals surface area contributed by atoms with Gasteiger partial charge >= 0.3 is 0 Å². The molecule has 1 N–H and O–H groups in total. The van der Waals surface area contributed by atoms with Crippen LogP contribution < -0.4 is 5.32 Å². The van der Waals surface area contributed by atoms with E-state index in [1.807, 2.05) is 55.5 Å². The molecule has 0 bridgehead atoms. The predicted octanol–water partition coefficient (Wildman–Crippen LogP) is 4.90. The summed E-state index contributed by atoms with van der Waals surface area (Å²) < 4.78 is 6.95. The van der Waals surface area contributed by atoms with E-state index in [1.165, 1.54) is 0 Å². The first-order valence-electron chi connectivity index (χ1n) is 10.7. The zero-order valence-corrected chi connectivity index (χ0v) is 18.5. The van der Waals surface area contributed by atoms with E-state index in [0.29, 0.717) is 30.2 Å². The molecule has 0 aliphatic carbocycles. The maximum Gasteiger partial charge on any atom is 0.289 e. The van der Waals surface area contributed by atoms with E-state index in [4.69, 9.17) is 4.42 Å². The lowest BCUT2D eigenvalue weighted by atomic mass is 10.0. The zero-order chi connectivity index (χ0) is 22.1. The molecule has 0 atom stereocenters. The molecule has 1 saturated heterocycles. The number of rotatable bonds is 4. The summed E-state index contributed by atoms with van der Waals surface area (Å²) in [4.78, 5) is 31.9. The highest BCUT2D eigenvalue weighted by Gasteiger charge is 2.27. The quantitative estimate of drug-likeness (QED) is 0.485. The highest BCUT2D eigenvalue weighted by molar-refractivity contribution is 7.21. The number of para-hydroxylation sites is 1. The minimum absolute atomic E-state index is 0.0561. The second-order valence-electron chi connectivity index (χ2n) is 8.01. The molecule has 1 fully saturated rings. The molecule has 32 heavy (non-hydrogen) atoms. The molecule has 0 radical (unpaired) electrons. The average Bonchev–Trinajstić information content (AvgIpc) is 3.46. The van der Waals surface area contributed by atoms with E-state index in [9.17, 15) is 9.59 Å². The molecule has 2 amide bonds. The van der Waals surface area contributed by atoms with Gasteiger partial charge in [0.25, 0.3) is 11.8 Å². The van der Waals surface area contributed by atoms with Crippen molar-refractivity contribution >= 4 is 33.4 Å². The number of aryl methyl sites for hydroxylation is 1. The van der Waals surface area contributed by atoms with Crippen LogP contribution in [0.1, 0.15) is 39.3 Å². The lowest BCUT2D eigenvalue weighted by molar-refractivity contribution is 0.0668. The van der Waals surface area contributed by atoms with Crippen molar-refractivity contribution in [3.8, 4) is 10.8 Å². The summed E-state index contributed by atoms with van der Waals surface area (Å²) in [7, 11) is 0. The summed E-state index contributed by atoms with van der Waals surface area (Å²) in [6.45, 7) is 3.09. The number of carbonyl (C=O) groups excluding carboxylic acids is 2. The van der Waals surface area contributed by atoms with Crippen LogP contribution in [0.5, 0.6) is 0 Å². The van der Waals surface area contributed by atoms with Gasteiger partial charge in [-0.3, -0.25) is 9.59 Å². The number of piperidine rings is 1. The first-order chi connectivity index (χ1) is 15.6. The van der Waals surface area contributed by atoms with Crippen LogP contribution in [-0.2, 0) is 0 Å². The molecule has 1 aliphatic heterocycles. The number of amides is 2. The van der Waals surface area contributed by atoms with Crippen LogP contribution in [0.25, 0.3) is 21.0 Å². The normalized spacial score (nSPS) is 14.6. The van der Waals surface area contributed by atoms with Gasteiger partial charge in [0.2, 0.25) is 0 Å². The third kappa shape index (κ3) is 4.03. The summed E-state index contributed by atoms with van der Waals surface area (Å²) in [5, 5.41) is 3.87. The summed E-state index contributed by atoms with van der Waals surface area (Å²) >= 11 is 1.55. The van der Waals surface area contributed by atoms with Gasteiger partial charge in [-0.25, -0.2) is 4.98 Å². The smallest absolute Gasteiger partial charge is 0.289 e. The Morgan fingerprint density at radius 3 is 2.56 bits per heavy atom. The van der Waals surface area contributed by atoms with Crippen molar-refractivity contribution in [2.24, 2.45) is 0 Å². The lowest BCUT2D eigenvalue weighted by Gasteiger charge is -2.32. The van der Waals surface area contributed by atoms with Crippen molar-refractivity contribution < 1.29 is 14.0 Å². The Bertz CT molecular complexity index is 1250. The number of carbonyl (C=O) groups is 2. The van der Waals surface area contributed by atoms with Gasteiger partial charge in [-0.15, -0.1) is 11.3 Å². The van der Waals surface area contributed by atoms with Crippen LogP contribution in [0, 0.1) is 6.92 Å². The number of nitrogens with one attached hydrogen (secondary N) is 1. The van der Waals surface area contributed by atoms with Gasteiger partial charge in [0.05, 0.1) is 10.2 Å². The van der Waals surface area contributed by atoms with Crippen molar-refractivity contribution in [3.05, 3.63) is 77.6 Å². The molecule has 0 unspecified atom stereocenters. The number of thiazole rings is 1. The molecular formula is C25H23N3O3S. The fourth-order valence-corrected chi connectivity index (χ4v) is 4.95. The third-order valence-electron chi connectivity index (χ3n) is 5.83. The van der Waals surface area contributed by atoms with Crippen LogP contribution >= 0.6 is 11.3 Å². The van der Waals surface area contributed by atoms with Gasteiger partial charge in [-0.05, 0) is 55.7 Å². The van der Waals surface area contributed by atoms with Crippen molar-refractivity contribution in [3.63, 3.8) is 0 Å². The molecule has 162 valence electrons. The van der Waals surface area contributed by atoms with E-state index in [1.54, 1.807) is 28.4 Å². The Balaban J connectivity index is 1.20. The van der Waals surface area contributed by atoms with Gasteiger partial charge in [0, 0.05) is 24.7 Å². The number of nitrogens with zero attached hydrogens (tertiary/aromatic N) is 2. The Kier molecular flexibility index (Phi) is 5.49. The first-order valence-corrected chi connectivity index (χ1v) is 11.5. The molecule has 7 heteroatoms. The van der Waals surface area contributed by atoms with Crippen molar-refractivity contribution in [2.45, 2.75) is 25.8 Å². The third-order valence-corrected chi connectivity index (χ3v) is 6.88. The fraction of sp³-hybridized carbons (Fsp3) is 0.240. The number of fused-ring (bicyclic) bond motifs is 1. The first kappa shape index (κ1) is 20.5. The van der Waals surface area contributed by atoms with Crippen LogP contribution in [-0.4, -0.2) is 40.8 Å². The molecular weight excluding hydrogens is 422 g/mol. The highest BCUT2D eigenvalue weighted by atomic mass is 32.1. The van der Waals surface area contributed by atoms with E-state index >= 15 is 0 Å². The van der Waals surface area contributed by atoms with Gasteiger partial charge < -0.3 is 14.6 Å². The van der Waals surface area contributed by atoms with E-state index < -0.39 is 0 Å². The molecule has 3 heterocycles. The van der Waals surface area contributed by atoms with Crippen LogP contribution in [0.2, 0.25) is 0 Å². The number of likely N-dealkylation sites (tertiary alicyclic amines) is 1. The Morgan fingerprint density at radius 2 is 1.78 bits per heavy atom. The van der Waals surface area contributed by atoms with Crippen LogP contribution in [0.15, 0.2) is 65.1 Å². The SMILES string of the molecule is Cc1ccccc1C(=O)NC1CCN(C(=O)c2ccc(-c3nc4ccccc4s3)o2)CC1. The highest BCUT2D eigenvalue weighted by Crippen LogP contribution is 2.31. The van der Waals surface area contributed by atoms with Gasteiger partial charge in [-0.2, -0.15) is 0 Å². The summed E-state index contributed by atoms with van der Waals surface area (Å²) in [6, 6.07) is 19.1. The van der Waals surface area contributed by atoms with Crippen LogP contribution in [0.3, 0.4) is 0 Å². The number of benzene rings is 2. The number of aromatic nitrogens is 1. The Morgan fingerprint density at radius 1 is 1.03 bits per heavy atom. The van der Waals surface area contributed by atoms with Gasteiger partial charge in [0.15, 0.2) is 16.5 Å². The number of hydrogen-bond acceptors (Lipinski definition) is 5. The maximum absolute atomic E-state index is 12.9. The molecule has 2 aromatic carbocycles. The molecule has 6 nitrogen and oxygen atoms in total. The summed E-state index contributed by atoms with van der Waals surface area (Å²) in [5.41, 5.74) is 2.58. The molecule has 5 rings (SSSR count). The second kappa shape index (κ2) is 8.59. The van der Waals surface area contributed by atoms with Gasteiger partial charge in [0.1, 0.15) is 0 Å². The van der Waals surface area contributed by atoms with E-state index in [0.717, 1.165) is 33.6 Å². The molecule has 1 aliphatic rings. The Labute approximate surface area is 189 Å². The van der Waals surface area contributed by atoms with E-state index in [-0.39, 0.29) is 17.9 Å². The molecule has 4 aromatic rings. The topological polar surface area (TPSA) is 75.4 Å². The monoisotopic (exact) mass is 445 g/mol. The van der Waals surface area contributed by atoms with E-state index in [2.05, 4.69) is 10.3 Å². The molecule has 2 aromatic heterocycles. The fourth-order valence-electron chi connectivity index (χ4n) is 4.02. The van der Waals surface area contributed by atoms with Crippen molar-refractivity contribution in [1.29, 1.82) is 0 Å². The summed E-state index contributed by atoms with van der Waals surface area (Å²) in [6.07, 6.45) is 1.43. The van der Waals surface area contributed by atoms with Crippen LogP contribution in [0.4, 0.5) is 0 Å². The number of hydrogen-bond donors (Lipinski definition) is 1. The lowest BCUT2D eigenvalue weighted by Crippen LogP contribution is -2.46. The predicted molar refractivity (Wildman–Crippen MR) is 125 cm³/mol. The molecule has 0 spiro atoms. The zero-order valence-electron chi connectivity index (χ0n) is 17.7. The average molecular weight is 446 g/mol. The summed E-state index contributed by atoms with van der Waals surface area (Å²) in [5.74, 6) is 0.747. The maximum atomic E-state index is 12.9. The largest absolute Gasteiger partial charge is 0.448 e. The second-order valence-corrected chi connectivity index (χ2v) is 9.04. The minimum atomic E-state index is -0.124. The standard InChI is InChI=1S/C25H23N3O3S/c1-16-6-2-3-7-18(16)23(29)26-17-12-14-28(15-13-17)25(30)21-11-10-20(31-21)24-27-19-8-4-5-9-22(19)32-24/h2-11,17H,12-15H2,1H3,(H,26,29). The minimum Gasteiger partial charge on any atom is -0.448 e. The number of furan rings is 1.